The van der Waals surface area contributed by atoms with E-state index < -0.39 is 0 Å². The molecule has 0 saturated heterocycles. The van der Waals surface area contributed by atoms with Crippen LogP contribution in [0.1, 0.15) is 16.1 Å². The van der Waals surface area contributed by atoms with Crippen molar-refractivity contribution >= 4 is 45.6 Å². The lowest BCUT2D eigenvalue weighted by Crippen LogP contribution is -2.14. The molecule has 1 N–H and O–H groups in total. The number of aryl methyl sites for hydroxylation is 1. The van der Waals surface area contributed by atoms with Gasteiger partial charge < -0.3 is 9.73 Å². The van der Waals surface area contributed by atoms with Gasteiger partial charge in [0.25, 0.3) is 0 Å². The molecule has 0 unspecified atom stereocenters. The predicted octanol–water partition coefficient (Wildman–Crippen LogP) is 5.48. The Morgan fingerprint density at radius 3 is 2.83 bits per heavy atom. The van der Waals surface area contributed by atoms with E-state index in [1.807, 2.05) is 0 Å². The van der Waals surface area contributed by atoms with Gasteiger partial charge in [0.15, 0.2) is 5.76 Å². The molecule has 3 rings (SSSR count). The molecule has 118 valence electrons. The molecule has 23 heavy (non-hydrogen) atoms. The number of carbonyl (C=O) groups is 1. The van der Waals surface area contributed by atoms with Gasteiger partial charge in [0, 0.05) is 10.9 Å². The van der Waals surface area contributed by atoms with Crippen LogP contribution in [0.4, 0.5) is 10.1 Å². The highest BCUT2D eigenvalue weighted by molar-refractivity contribution is 6.43. The van der Waals surface area contributed by atoms with Gasteiger partial charge in [0.2, 0.25) is 5.78 Å². The first-order valence-corrected chi connectivity index (χ1v) is 7.62. The van der Waals surface area contributed by atoms with E-state index in [4.69, 9.17) is 27.6 Å². The highest BCUT2D eigenvalue weighted by atomic mass is 35.5. The molecule has 2 aromatic carbocycles. The van der Waals surface area contributed by atoms with Crippen LogP contribution in [-0.2, 0) is 0 Å². The third-order valence-corrected chi connectivity index (χ3v) is 4.36. The maximum Gasteiger partial charge on any atom is 0.217 e. The molecule has 0 aliphatic carbocycles. The molecule has 6 heteroatoms. The minimum Gasteiger partial charge on any atom is -0.453 e. The zero-order chi connectivity index (χ0) is 16.6. The zero-order valence-corrected chi connectivity index (χ0v) is 13.6. The largest absolute Gasteiger partial charge is 0.453 e. The van der Waals surface area contributed by atoms with E-state index in [2.05, 4.69) is 5.32 Å². The van der Waals surface area contributed by atoms with E-state index in [1.165, 1.54) is 18.2 Å². The van der Waals surface area contributed by atoms with Crippen molar-refractivity contribution in [1.29, 1.82) is 0 Å². The van der Waals surface area contributed by atoms with Gasteiger partial charge in [-0.05, 0) is 37.3 Å². The monoisotopic (exact) mass is 351 g/mol. The van der Waals surface area contributed by atoms with Crippen LogP contribution in [0, 0.1) is 12.7 Å². The van der Waals surface area contributed by atoms with Gasteiger partial charge in [-0.25, -0.2) is 4.39 Å². The van der Waals surface area contributed by atoms with Gasteiger partial charge in [0.1, 0.15) is 11.4 Å². The Kier molecular flexibility index (Phi) is 4.28. The maximum atomic E-state index is 13.3. The summed E-state index contributed by atoms with van der Waals surface area (Å²) in [6.07, 6.45) is 0. The fourth-order valence-corrected chi connectivity index (χ4v) is 2.72. The molecule has 3 nitrogen and oxygen atoms in total. The molecule has 1 heterocycles. The number of furan rings is 1. The normalized spacial score (nSPS) is 11.0. The van der Waals surface area contributed by atoms with Gasteiger partial charge >= 0.3 is 0 Å². The lowest BCUT2D eigenvalue weighted by Gasteiger charge is -2.08. The number of carbonyl (C=O) groups excluding carboxylic acids is 1. The van der Waals surface area contributed by atoms with E-state index in [0.717, 1.165) is 0 Å². The molecule has 0 fully saturated rings. The van der Waals surface area contributed by atoms with Crippen molar-refractivity contribution in [2.75, 3.05) is 11.9 Å². The van der Waals surface area contributed by atoms with Gasteiger partial charge in [-0.3, -0.25) is 4.79 Å². The smallest absolute Gasteiger partial charge is 0.217 e. The Balaban J connectivity index is 1.84. The van der Waals surface area contributed by atoms with Crippen molar-refractivity contribution in [3.63, 3.8) is 0 Å². The van der Waals surface area contributed by atoms with Crippen molar-refractivity contribution in [3.8, 4) is 0 Å². The number of Topliss-reactive ketones (excluding diaryl/α,β-unsaturated/α-hetero) is 1. The minimum absolute atomic E-state index is 0.0107. The number of anilines is 1. The van der Waals surface area contributed by atoms with Crippen LogP contribution in [0.3, 0.4) is 0 Å². The first-order chi connectivity index (χ1) is 11.0. The van der Waals surface area contributed by atoms with Crippen molar-refractivity contribution < 1.29 is 13.6 Å². The Morgan fingerprint density at radius 1 is 1.26 bits per heavy atom. The number of benzene rings is 2. The van der Waals surface area contributed by atoms with Crippen LogP contribution in [0.2, 0.25) is 10.0 Å². The van der Waals surface area contributed by atoms with E-state index >= 15 is 0 Å². The fourth-order valence-electron chi connectivity index (χ4n) is 2.36. The molecule has 0 atom stereocenters. The number of ketones is 1. The second-order valence-corrected chi connectivity index (χ2v) is 5.86. The van der Waals surface area contributed by atoms with Crippen LogP contribution in [0.5, 0.6) is 0 Å². The van der Waals surface area contributed by atoms with Crippen molar-refractivity contribution in [3.05, 3.63) is 63.6 Å². The number of fused-ring (bicyclic) bond motifs is 1. The first-order valence-electron chi connectivity index (χ1n) is 6.87. The van der Waals surface area contributed by atoms with Crippen LogP contribution < -0.4 is 5.32 Å². The summed E-state index contributed by atoms with van der Waals surface area (Å²) in [5, 5.41) is 4.28. The van der Waals surface area contributed by atoms with Gasteiger partial charge in [-0.1, -0.05) is 29.3 Å². The number of halogens is 3. The average Bonchev–Trinajstić information content (AvgIpc) is 2.85. The lowest BCUT2D eigenvalue weighted by atomic mass is 10.1. The summed E-state index contributed by atoms with van der Waals surface area (Å²) in [6.45, 7) is 1.72. The van der Waals surface area contributed by atoms with Gasteiger partial charge in [-0.15, -0.1) is 0 Å². The van der Waals surface area contributed by atoms with E-state index in [1.54, 1.807) is 25.1 Å². The van der Waals surface area contributed by atoms with Gasteiger partial charge in [0.05, 0.1) is 22.3 Å². The topological polar surface area (TPSA) is 42.2 Å². The molecular formula is C17H12Cl2FNO2. The molecule has 1 aromatic heterocycles. The van der Waals surface area contributed by atoms with Crippen LogP contribution >= 0.6 is 23.2 Å². The van der Waals surface area contributed by atoms with Crippen LogP contribution in [0.15, 0.2) is 40.8 Å². The molecule has 0 aliphatic heterocycles. The second-order valence-electron chi connectivity index (χ2n) is 5.07. The minimum atomic E-state index is -0.371. The standard InChI is InChI=1S/C17H12Cl2FNO2/c1-9-11-7-10(20)5-6-15(11)23-17(9)14(22)8-21-13-4-2-3-12(18)16(13)19/h2-7,21H,8H2,1H3. The Hall–Kier alpha value is -2.04. The molecule has 0 saturated carbocycles. The van der Waals surface area contributed by atoms with E-state index in [0.29, 0.717) is 32.3 Å². The zero-order valence-electron chi connectivity index (χ0n) is 12.1. The molecule has 0 amide bonds. The van der Waals surface area contributed by atoms with Crippen LogP contribution in [0.25, 0.3) is 11.0 Å². The summed E-state index contributed by atoms with van der Waals surface area (Å²) in [7, 11) is 0. The first kappa shape index (κ1) is 15.8. The summed E-state index contributed by atoms with van der Waals surface area (Å²) in [5.74, 6) is -0.421. The molecular weight excluding hydrogens is 340 g/mol. The molecule has 0 spiro atoms. The quantitative estimate of drug-likeness (QED) is 0.632. The summed E-state index contributed by atoms with van der Waals surface area (Å²) in [5.41, 5.74) is 1.66. The predicted molar refractivity (Wildman–Crippen MR) is 90.2 cm³/mol. The number of hydrogen-bond acceptors (Lipinski definition) is 3. The second kappa shape index (κ2) is 6.22. The summed E-state index contributed by atoms with van der Waals surface area (Å²) in [4.78, 5) is 12.4. The average molecular weight is 352 g/mol. The van der Waals surface area contributed by atoms with Crippen LogP contribution in [-0.4, -0.2) is 12.3 Å². The highest BCUT2D eigenvalue weighted by Crippen LogP contribution is 2.30. The number of hydrogen-bond donors (Lipinski definition) is 1. The summed E-state index contributed by atoms with van der Waals surface area (Å²) >= 11 is 12.0. The Labute approximate surface area is 142 Å². The van der Waals surface area contributed by atoms with Gasteiger partial charge in [-0.2, -0.15) is 0 Å². The van der Waals surface area contributed by atoms with Crippen molar-refractivity contribution in [2.24, 2.45) is 0 Å². The third-order valence-electron chi connectivity index (χ3n) is 3.54. The van der Waals surface area contributed by atoms with Crippen molar-refractivity contribution in [1.82, 2.24) is 0 Å². The summed E-state index contributed by atoms with van der Waals surface area (Å²) < 4.78 is 18.9. The van der Waals surface area contributed by atoms with E-state index in [-0.39, 0.29) is 23.9 Å². The molecule has 0 radical (unpaired) electrons. The lowest BCUT2D eigenvalue weighted by molar-refractivity contribution is 0.0981. The molecule has 0 aliphatic rings. The number of nitrogens with one attached hydrogen (secondary N) is 1. The maximum absolute atomic E-state index is 13.3. The Morgan fingerprint density at radius 2 is 2.04 bits per heavy atom. The fraction of sp³-hybridized carbons (Fsp3) is 0.118. The van der Waals surface area contributed by atoms with E-state index in [9.17, 15) is 9.18 Å². The SMILES string of the molecule is Cc1c(C(=O)CNc2cccc(Cl)c2Cl)oc2ccc(F)cc12. The third kappa shape index (κ3) is 3.05. The summed E-state index contributed by atoms with van der Waals surface area (Å²) in [6, 6.07) is 9.28. The molecule has 0 bridgehead atoms. The van der Waals surface area contributed by atoms with Crippen molar-refractivity contribution in [2.45, 2.75) is 6.92 Å². The number of rotatable bonds is 4. The molecule has 3 aromatic rings. The Bertz CT molecular complexity index is 905. The highest BCUT2D eigenvalue weighted by Gasteiger charge is 2.18.